The van der Waals surface area contributed by atoms with Crippen molar-refractivity contribution in [2.24, 2.45) is 0 Å². The number of nitrogens with one attached hydrogen (secondary N) is 1. The molecular formula is C12H11ClN2O4. The van der Waals surface area contributed by atoms with Crippen molar-refractivity contribution in [1.82, 2.24) is 10.2 Å². The largest absolute Gasteiger partial charge is 0.480 e. The zero-order chi connectivity index (χ0) is 14.2. The molecule has 0 spiro atoms. The maximum Gasteiger partial charge on any atom is 0.326 e. The molecule has 2 atom stereocenters. The Morgan fingerprint density at radius 1 is 1.37 bits per heavy atom. The average molecular weight is 283 g/mol. The molecule has 100 valence electrons. The van der Waals surface area contributed by atoms with E-state index in [1.807, 2.05) is 0 Å². The lowest BCUT2D eigenvalue weighted by Crippen LogP contribution is -2.43. The van der Waals surface area contributed by atoms with Crippen LogP contribution in [0.15, 0.2) is 24.3 Å². The molecule has 2 unspecified atom stereocenters. The zero-order valence-electron chi connectivity index (χ0n) is 9.96. The van der Waals surface area contributed by atoms with Crippen LogP contribution >= 0.6 is 11.6 Å². The molecule has 1 aromatic rings. The molecule has 1 aliphatic rings. The van der Waals surface area contributed by atoms with Crippen molar-refractivity contribution < 1.29 is 19.5 Å². The Kier molecular flexibility index (Phi) is 3.44. The number of amides is 3. The summed E-state index contributed by atoms with van der Waals surface area (Å²) in [5.74, 6) is -1.82. The molecule has 0 aliphatic carbocycles. The highest BCUT2D eigenvalue weighted by molar-refractivity contribution is 6.30. The van der Waals surface area contributed by atoms with Crippen LogP contribution in [0.5, 0.6) is 0 Å². The molecule has 2 N–H and O–H groups in total. The van der Waals surface area contributed by atoms with Crippen LogP contribution < -0.4 is 5.32 Å². The molecule has 0 bridgehead atoms. The molecule has 1 saturated heterocycles. The Morgan fingerprint density at radius 2 is 1.95 bits per heavy atom. The van der Waals surface area contributed by atoms with Crippen molar-refractivity contribution in [3.8, 4) is 0 Å². The van der Waals surface area contributed by atoms with Gasteiger partial charge in [-0.05, 0) is 24.6 Å². The summed E-state index contributed by atoms with van der Waals surface area (Å²) in [4.78, 5) is 35.4. The first-order valence-corrected chi connectivity index (χ1v) is 5.91. The third kappa shape index (κ3) is 2.39. The van der Waals surface area contributed by atoms with E-state index in [2.05, 4.69) is 5.32 Å². The predicted molar refractivity (Wildman–Crippen MR) is 66.7 cm³/mol. The van der Waals surface area contributed by atoms with E-state index < -0.39 is 30.0 Å². The highest BCUT2D eigenvalue weighted by Gasteiger charge is 2.43. The van der Waals surface area contributed by atoms with Gasteiger partial charge < -0.3 is 10.4 Å². The maximum atomic E-state index is 12.1. The van der Waals surface area contributed by atoms with Gasteiger partial charge in [-0.1, -0.05) is 23.7 Å². The second-order valence-corrected chi connectivity index (χ2v) is 4.59. The van der Waals surface area contributed by atoms with Crippen LogP contribution in [0, 0.1) is 0 Å². The molecule has 1 fully saturated rings. The van der Waals surface area contributed by atoms with Crippen molar-refractivity contribution in [3.63, 3.8) is 0 Å². The Bertz CT molecular complexity index is 543. The molecule has 3 amide bonds. The molecule has 0 radical (unpaired) electrons. The Hall–Kier alpha value is -2.08. The molecule has 19 heavy (non-hydrogen) atoms. The van der Waals surface area contributed by atoms with Gasteiger partial charge >= 0.3 is 12.0 Å². The van der Waals surface area contributed by atoms with E-state index in [1.165, 1.54) is 6.92 Å². The Balaban J connectivity index is 2.27. The van der Waals surface area contributed by atoms with E-state index in [-0.39, 0.29) is 0 Å². The van der Waals surface area contributed by atoms with E-state index in [0.29, 0.717) is 15.5 Å². The number of aliphatic carboxylic acids is 1. The third-order valence-electron chi connectivity index (χ3n) is 2.92. The van der Waals surface area contributed by atoms with Gasteiger partial charge in [-0.25, -0.2) is 14.5 Å². The summed E-state index contributed by atoms with van der Waals surface area (Å²) in [6.45, 7) is 1.28. The lowest BCUT2D eigenvalue weighted by molar-refractivity contribution is -0.146. The molecule has 1 aromatic carbocycles. The van der Waals surface area contributed by atoms with E-state index >= 15 is 0 Å². The smallest absolute Gasteiger partial charge is 0.326 e. The predicted octanol–water partition coefficient (Wildman–Crippen LogP) is 1.41. The van der Waals surface area contributed by atoms with Crippen LogP contribution in [0.3, 0.4) is 0 Å². The summed E-state index contributed by atoms with van der Waals surface area (Å²) in [6.07, 6.45) is 0. The number of rotatable bonds is 3. The lowest BCUT2D eigenvalue weighted by Gasteiger charge is -2.17. The van der Waals surface area contributed by atoms with Gasteiger partial charge in [0.1, 0.15) is 12.1 Å². The van der Waals surface area contributed by atoms with Crippen molar-refractivity contribution in [3.05, 3.63) is 34.9 Å². The van der Waals surface area contributed by atoms with E-state index in [4.69, 9.17) is 16.7 Å². The Labute approximate surface area is 114 Å². The topological polar surface area (TPSA) is 86.7 Å². The van der Waals surface area contributed by atoms with Crippen LogP contribution in [0.1, 0.15) is 18.5 Å². The van der Waals surface area contributed by atoms with Crippen LogP contribution in [-0.4, -0.2) is 34.0 Å². The van der Waals surface area contributed by atoms with Gasteiger partial charge in [-0.2, -0.15) is 0 Å². The number of halogens is 1. The Morgan fingerprint density at radius 3 is 2.47 bits per heavy atom. The van der Waals surface area contributed by atoms with Crippen LogP contribution in [-0.2, 0) is 9.59 Å². The van der Waals surface area contributed by atoms with Gasteiger partial charge in [0.05, 0.1) is 0 Å². The summed E-state index contributed by atoms with van der Waals surface area (Å²) in [6, 6.07) is 3.63. The van der Waals surface area contributed by atoms with Crippen molar-refractivity contribution in [1.29, 1.82) is 0 Å². The van der Waals surface area contributed by atoms with Crippen LogP contribution in [0.25, 0.3) is 0 Å². The number of hydrogen-bond acceptors (Lipinski definition) is 3. The first-order chi connectivity index (χ1) is 8.91. The molecule has 6 nitrogen and oxygen atoms in total. The number of carboxylic acids is 1. The SMILES string of the molecule is CC(C(=O)O)N1C(=O)NC(c2ccc(Cl)cc2)C1=O. The fourth-order valence-corrected chi connectivity index (χ4v) is 1.98. The van der Waals surface area contributed by atoms with Crippen LogP contribution in [0.2, 0.25) is 5.02 Å². The van der Waals surface area contributed by atoms with Gasteiger partial charge in [0.15, 0.2) is 0 Å². The minimum absolute atomic E-state index is 0.510. The summed E-state index contributed by atoms with van der Waals surface area (Å²) in [7, 11) is 0. The fraction of sp³-hybridized carbons (Fsp3) is 0.250. The second kappa shape index (κ2) is 4.89. The first-order valence-electron chi connectivity index (χ1n) is 5.53. The van der Waals surface area contributed by atoms with E-state index in [0.717, 1.165) is 0 Å². The number of imide groups is 1. The van der Waals surface area contributed by atoms with Gasteiger partial charge in [0.2, 0.25) is 0 Å². The minimum Gasteiger partial charge on any atom is -0.480 e. The number of nitrogens with zero attached hydrogens (tertiary/aromatic N) is 1. The summed E-state index contributed by atoms with van der Waals surface area (Å²) < 4.78 is 0. The second-order valence-electron chi connectivity index (χ2n) is 4.16. The van der Waals surface area contributed by atoms with Gasteiger partial charge in [-0.3, -0.25) is 4.79 Å². The highest BCUT2D eigenvalue weighted by Crippen LogP contribution is 2.24. The number of carbonyl (C=O) groups is 3. The van der Waals surface area contributed by atoms with E-state index in [9.17, 15) is 14.4 Å². The van der Waals surface area contributed by atoms with Gasteiger partial charge in [-0.15, -0.1) is 0 Å². The summed E-state index contributed by atoms with van der Waals surface area (Å²) in [5, 5.41) is 11.8. The number of carboxylic acid groups (broad SMARTS) is 1. The van der Waals surface area contributed by atoms with Gasteiger partial charge in [0.25, 0.3) is 5.91 Å². The molecular weight excluding hydrogens is 272 g/mol. The zero-order valence-corrected chi connectivity index (χ0v) is 10.7. The molecule has 0 aromatic heterocycles. The summed E-state index contributed by atoms with van der Waals surface area (Å²) in [5.41, 5.74) is 0.558. The third-order valence-corrected chi connectivity index (χ3v) is 3.17. The first kappa shape index (κ1) is 13.4. The van der Waals surface area contributed by atoms with E-state index in [1.54, 1.807) is 24.3 Å². The average Bonchev–Trinajstić information content (AvgIpc) is 2.65. The number of urea groups is 1. The van der Waals surface area contributed by atoms with Crippen molar-refractivity contribution in [2.45, 2.75) is 19.0 Å². The quantitative estimate of drug-likeness (QED) is 0.821. The normalized spacial score (nSPS) is 20.3. The number of benzene rings is 1. The summed E-state index contributed by atoms with van der Waals surface area (Å²) >= 11 is 5.74. The fourth-order valence-electron chi connectivity index (χ4n) is 1.85. The highest BCUT2D eigenvalue weighted by atomic mass is 35.5. The minimum atomic E-state index is -1.24. The van der Waals surface area contributed by atoms with Crippen molar-refractivity contribution in [2.75, 3.05) is 0 Å². The number of hydrogen-bond donors (Lipinski definition) is 2. The standard InChI is InChI=1S/C12H11ClN2O4/c1-6(11(17)18)15-10(16)9(14-12(15)19)7-2-4-8(13)5-3-7/h2-6,9H,1H3,(H,14,19)(H,17,18). The van der Waals surface area contributed by atoms with Crippen molar-refractivity contribution >= 4 is 29.5 Å². The van der Waals surface area contributed by atoms with Crippen LogP contribution in [0.4, 0.5) is 4.79 Å². The molecule has 0 saturated carbocycles. The lowest BCUT2D eigenvalue weighted by atomic mass is 10.1. The molecule has 1 heterocycles. The molecule has 2 rings (SSSR count). The number of carbonyl (C=O) groups excluding carboxylic acids is 2. The van der Waals surface area contributed by atoms with Gasteiger partial charge in [0, 0.05) is 5.02 Å². The molecule has 7 heteroatoms. The monoisotopic (exact) mass is 282 g/mol. The molecule has 1 aliphatic heterocycles. The maximum absolute atomic E-state index is 12.1.